The maximum absolute atomic E-state index is 10.9. The molecular weight excluding hydrogens is 250 g/mol. The predicted molar refractivity (Wildman–Crippen MR) is 81.0 cm³/mol. The number of hydrogen-bond acceptors (Lipinski definition) is 3. The monoisotopic (exact) mass is 267 g/mol. The summed E-state index contributed by atoms with van der Waals surface area (Å²) in [6.45, 7) is 0.428. The Bertz CT molecular complexity index is 632. The first-order valence-electron chi connectivity index (χ1n) is 6.38. The Morgan fingerprint density at radius 3 is 2.50 bits per heavy atom. The van der Waals surface area contributed by atoms with Gasteiger partial charge in [0.2, 0.25) is 0 Å². The molecule has 0 amide bonds. The molecule has 2 rings (SSSR count). The summed E-state index contributed by atoms with van der Waals surface area (Å²) in [6.07, 6.45) is 2.79. The molecular formula is C17H17NO2. The van der Waals surface area contributed by atoms with Crippen LogP contribution in [0.3, 0.4) is 0 Å². The lowest BCUT2D eigenvalue weighted by Crippen LogP contribution is -1.98. The molecule has 0 heterocycles. The van der Waals surface area contributed by atoms with Gasteiger partial charge < -0.3 is 10.5 Å². The van der Waals surface area contributed by atoms with Gasteiger partial charge in [-0.15, -0.1) is 0 Å². The topological polar surface area (TPSA) is 52.3 Å². The molecule has 102 valence electrons. The van der Waals surface area contributed by atoms with Crippen molar-refractivity contribution in [2.75, 3.05) is 13.7 Å². The summed E-state index contributed by atoms with van der Waals surface area (Å²) in [7, 11) is 1.64. The molecule has 0 fully saturated rings. The molecule has 2 N–H and O–H groups in total. The van der Waals surface area contributed by atoms with Gasteiger partial charge in [0.25, 0.3) is 0 Å². The maximum Gasteiger partial charge on any atom is 0.150 e. The largest absolute Gasteiger partial charge is 0.497 e. The van der Waals surface area contributed by atoms with Crippen molar-refractivity contribution in [3.8, 4) is 5.75 Å². The fraction of sp³-hybridized carbons (Fsp3) is 0.118. The van der Waals surface area contributed by atoms with Crippen LogP contribution in [-0.4, -0.2) is 19.9 Å². The number of ether oxygens (including phenoxy) is 1. The Kier molecular flexibility index (Phi) is 4.69. The van der Waals surface area contributed by atoms with Gasteiger partial charge in [0.1, 0.15) is 12.0 Å². The molecule has 0 saturated carbocycles. The van der Waals surface area contributed by atoms with Crippen molar-refractivity contribution in [1.82, 2.24) is 0 Å². The predicted octanol–water partition coefficient (Wildman–Crippen LogP) is 2.90. The molecule has 0 saturated heterocycles. The number of carbonyl (C=O) groups excluding carboxylic acids is 1. The van der Waals surface area contributed by atoms with Crippen molar-refractivity contribution in [2.45, 2.75) is 0 Å². The maximum atomic E-state index is 10.9. The van der Waals surface area contributed by atoms with E-state index in [9.17, 15) is 4.79 Å². The second-order valence-corrected chi connectivity index (χ2v) is 4.33. The molecule has 0 atom stereocenters. The minimum Gasteiger partial charge on any atom is -0.497 e. The van der Waals surface area contributed by atoms with Crippen LogP contribution in [0.2, 0.25) is 0 Å². The number of aldehydes is 1. The van der Waals surface area contributed by atoms with E-state index in [0.717, 1.165) is 28.7 Å². The number of rotatable bonds is 5. The van der Waals surface area contributed by atoms with E-state index in [-0.39, 0.29) is 0 Å². The van der Waals surface area contributed by atoms with Crippen molar-refractivity contribution in [3.63, 3.8) is 0 Å². The van der Waals surface area contributed by atoms with E-state index in [1.165, 1.54) is 0 Å². The van der Waals surface area contributed by atoms with Crippen LogP contribution in [0.25, 0.3) is 5.57 Å². The minimum absolute atomic E-state index is 0.428. The summed E-state index contributed by atoms with van der Waals surface area (Å²) in [6, 6.07) is 15.2. The number of carbonyl (C=O) groups is 1. The first-order chi connectivity index (χ1) is 9.78. The molecule has 2 aromatic carbocycles. The third-order valence-corrected chi connectivity index (χ3v) is 3.04. The van der Waals surface area contributed by atoms with Crippen LogP contribution < -0.4 is 10.5 Å². The minimum atomic E-state index is 0.428. The van der Waals surface area contributed by atoms with Gasteiger partial charge in [0.15, 0.2) is 0 Å². The standard InChI is InChI=1S/C17H17NO2/c1-20-16-7-3-6-15(11-16)17(8-9-18)14-5-2-4-13(10-14)12-19/h2-8,10-12H,9,18H2,1H3/b17-8+. The van der Waals surface area contributed by atoms with Gasteiger partial charge >= 0.3 is 0 Å². The van der Waals surface area contributed by atoms with E-state index in [4.69, 9.17) is 10.5 Å². The Labute approximate surface area is 118 Å². The van der Waals surface area contributed by atoms with Gasteiger partial charge in [-0.3, -0.25) is 4.79 Å². The molecule has 3 heteroatoms. The van der Waals surface area contributed by atoms with Gasteiger partial charge in [-0.2, -0.15) is 0 Å². The summed E-state index contributed by atoms with van der Waals surface area (Å²) in [5.41, 5.74) is 9.29. The summed E-state index contributed by atoms with van der Waals surface area (Å²) < 4.78 is 5.25. The lowest BCUT2D eigenvalue weighted by atomic mass is 9.96. The quantitative estimate of drug-likeness (QED) is 0.847. The highest BCUT2D eigenvalue weighted by molar-refractivity contribution is 5.84. The number of hydrogen-bond donors (Lipinski definition) is 1. The van der Waals surface area contributed by atoms with E-state index in [1.807, 2.05) is 48.5 Å². The zero-order valence-corrected chi connectivity index (χ0v) is 11.4. The third kappa shape index (κ3) is 3.13. The Morgan fingerprint density at radius 1 is 1.15 bits per heavy atom. The summed E-state index contributed by atoms with van der Waals surface area (Å²) in [5.74, 6) is 0.789. The Hall–Kier alpha value is -2.39. The average Bonchev–Trinajstić information content (AvgIpc) is 2.52. The third-order valence-electron chi connectivity index (χ3n) is 3.04. The molecule has 3 nitrogen and oxygen atoms in total. The van der Waals surface area contributed by atoms with Crippen LogP contribution >= 0.6 is 0 Å². The smallest absolute Gasteiger partial charge is 0.150 e. The highest BCUT2D eigenvalue weighted by atomic mass is 16.5. The van der Waals surface area contributed by atoms with E-state index in [1.54, 1.807) is 13.2 Å². The molecule has 0 bridgehead atoms. The molecule has 0 aliphatic rings. The van der Waals surface area contributed by atoms with Gasteiger partial charge in [0.05, 0.1) is 7.11 Å². The second-order valence-electron chi connectivity index (χ2n) is 4.33. The summed E-state index contributed by atoms with van der Waals surface area (Å²) in [5, 5.41) is 0. The van der Waals surface area contributed by atoms with E-state index in [2.05, 4.69) is 0 Å². The van der Waals surface area contributed by atoms with Crippen LogP contribution in [0.15, 0.2) is 54.6 Å². The second kappa shape index (κ2) is 6.68. The van der Waals surface area contributed by atoms with Crippen LogP contribution in [-0.2, 0) is 0 Å². The number of nitrogens with two attached hydrogens (primary N) is 1. The molecule has 0 aliphatic heterocycles. The molecule has 0 unspecified atom stereocenters. The summed E-state index contributed by atoms with van der Waals surface area (Å²) >= 11 is 0. The van der Waals surface area contributed by atoms with Gasteiger partial charge in [-0.1, -0.05) is 36.4 Å². The SMILES string of the molecule is COc1cccc(/C(=C/CN)c2cccc(C=O)c2)c1. The highest BCUT2D eigenvalue weighted by Gasteiger charge is 2.06. The van der Waals surface area contributed by atoms with Crippen molar-refractivity contribution >= 4 is 11.9 Å². The molecule has 0 spiro atoms. The van der Waals surface area contributed by atoms with Gasteiger partial charge in [-0.05, 0) is 34.9 Å². The molecule has 0 aromatic heterocycles. The van der Waals surface area contributed by atoms with E-state index >= 15 is 0 Å². The van der Waals surface area contributed by atoms with E-state index in [0.29, 0.717) is 12.1 Å². The lowest BCUT2D eigenvalue weighted by Gasteiger charge is -2.10. The number of benzene rings is 2. The zero-order valence-electron chi connectivity index (χ0n) is 11.4. The fourth-order valence-electron chi connectivity index (χ4n) is 2.09. The molecule has 0 aliphatic carbocycles. The van der Waals surface area contributed by atoms with Gasteiger partial charge in [-0.25, -0.2) is 0 Å². The first kappa shape index (κ1) is 14.0. The van der Waals surface area contributed by atoms with E-state index < -0.39 is 0 Å². The van der Waals surface area contributed by atoms with Crippen LogP contribution in [0.5, 0.6) is 5.75 Å². The van der Waals surface area contributed by atoms with Gasteiger partial charge in [0, 0.05) is 12.1 Å². The van der Waals surface area contributed by atoms with Crippen molar-refractivity contribution in [3.05, 3.63) is 71.3 Å². The molecule has 2 aromatic rings. The Balaban J connectivity index is 2.50. The zero-order chi connectivity index (χ0) is 14.4. The van der Waals surface area contributed by atoms with Crippen molar-refractivity contribution in [1.29, 1.82) is 0 Å². The van der Waals surface area contributed by atoms with Crippen LogP contribution in [0, 0.1) is 0 Å². The fourth-order valence-corrected chi connectivity index (χ4v) is 2.09. The normalized spacial score (nSPS) is 11.2. The Morgan fingerprint density at radius 2 is 1.85 bits per heavy atom. The van der Waals surface area contributed by atoms with Crippen LogP contribution in [0.4, 0.5) is 0 Å². The molecule has 20 heavy (non-hydrogen) atoms. The average molecular weight is 267 g/mol. The highest BCUT2D eigenvalue weighted by Crippen LogP contribution is 2.26. The molecule has 0 radical (unpaired) electrons. The van der Waals surface area contributed by atoms with Crippen molar-refractivity contribution < 1.29 is 9.53 Å². The lowest BCUT2D eigenvalue weighted by molar-refractivity contribution is 0.112. The van der Waals surface area contributed by atoms with Crippen molar-refractivity contribution in [2.24, 2.45) is 5.73 Å². The first-order valence-corrected chi connectivity index (χ1v) is 6.38. The number of methoxy groups -OCH3 is 1. The van der Waals surface area contributed by atoms with Crippen LogP contribution in [0.1, 0.15) is 21.5 Å². The summed E-state index contributed by atoms with van der Waals surface area (Å²) in [4.78, 5) is 10.9.